The first-order valence-corrected chi connectivity index (χ1v) is 5.89. The molecule has 1 aromatic rings. The lowest BCUT2D eigenvalue weighted by molar-refractivity contribution is -0.0215. The molecule has 1 aliphatic heterocycles. The summed E-state index contributed by atoms with van der Waals surface area (Å²) in [5, 5.41) is 0. The summed E-state index contributed by atoms with van der Waals surface area (Å²) in [7, 11) is 0. The van der Waals surface area contributed by atoms with Gasteiger partial charge in [-0.1, -0.05) is 0 Å². The monoisotopic (exact) mass is 238 g/mol. The quantitative estimate of drug-likeness (QED) is 0.857. The van der Waals surface area contributed by atoms with Crippen LogP contribution in [0.5, 0.6) is 0 Å². The van der Waals surface area contributed by atoms with Crippen LogP contribution in [-0.4, -0.2) is 23.2 Å². The van der Waals surface area contributed by atoms with E-state index in [1.165, 1.54) is 0 Å². The molecular weight excluding hydrogens is 220 g/mol. The van der Waals surface area contributed by atoms with E-state index in [0.717, 1.165) is 5.69 Å². The standard InChI is InChI=1S/C12H18N2O3/c1-4-17-12(2,3)11-13-9-5-6-16-7-8(9)10(15)14-11/h4-7H2,1-3H3,(H,13,14,15). The van der Waals surface area contributed by atoms with Crippen molar-refractivity contribution in [3.05, 3.63) is 27.4 Å². The van der Waals surface area contributed by atoms with Crippen molar-refractivity contribution in [3.8, 4) is 0 Å². The molecule has 1 aliphatic rings. The zero-order valence-electron chi connectivity index (χ0n) is 10.5. The Morgan fingerprint density at radius 3 is 3.00 bits per heavy atom. The molecule has 0 fully saturated rings. The van der Waals surface area contributed by atoms with E-state index >= 15 is 0 Å². The zero-order chi connectivity index (χ0) is 12.5. The molecule has 0 atom stereocenters. The van der Waals surface area contributed by atoms with Crippen LogP contribution in [0.15, 0.2) is 4.79 Å². The minimum absolute atomic E-state index is 0.113. The highest BCUT2D eigenvalue weighted by Crippen LogP contribution is 2.21. The molecule has 0 radical (unpaired) electrons. The van der Waals surface area contributed by atoms with Gasteiger partial charge in [-0.3, -0.25) is 4.79 Å². The van der Waals surface area contributed by atoms with Gasteiger partial charge in [0.25, 0.3) is 5.56 Å². The summed E-state index contributed by atoms with van der Waals surface area (Å²) in [5.41, 5.74) is 0.800. The summed E-state index contributed by atoms with van der Waals surface area (Å²) in [4.78, 5) is 19.2. The van der Waals surface area contributed by atoms with Gasteiger partial charge in [0.1, 0.15) is 11.4 Å². The Kier molecular flexibility index (Phi) is 3.31. The van der Waals surface area contributed by atoms with E-state index in [9.17, 15) is 4.79 Å². The van der Waals surface area contributed by atoms with Crippen LogP contribution in [0.3, 0.4) is 0 Å². The number of aromatic nitrogens is 2. The Bertz CT molecular complexity index is 465. The maximum Gasteiger partial charge on any atom is 0.256 e. The lowest BCUT2D eigenvalue weighted by Crippen LogP contribution is -2.32. The van der Waals surface area contributed by atoms with Gasteiger partial charge < -0.3 is 14.5 Å². The molecule has 1 N–H and O–H groups in total. The first-order valence-electron chi connectivity index (χ1n) is 5.89. The fraction of sp³-hybridized carbons (Fsp3) is 0.667. The lowest BCUT2D eigenvalue weighted by atomic mass is 10.1. The van der Waals surface area contributed by atoms with Gasteiger partial charge in [0.2, 0.25) is 0 Å². The molecule has 2 rings (SSSR count). The average molecular weight is 238 g/mol. The molecule has 0 saturated carbocycles. The van der Waals surface area contributed by atoms with Crippen molar-refractivity contribution in [3.63, 3.8) is 0 Å². The molecular formula is C12H18N2O3. The first kappa shape index (κ1) is 12.3. The van der Waals surface area contributed by atoms with Crippen molar-refractivity contribution in [1.29, 1.82) is 0 Å². The van der Waals surface area contributed by atoms with Crippen molar-refractivity contribution < 1.29 is 9.47 Å². The second-order valence-electron chi connectivity index (χ2n) is 4.59. The van der Waals surface area contributed by atoms with E-state index in [2.05, 4.69) is 9.97 Å². The van der Waals surface area contributed by atoms with Crippen LogP contribution < -0.4 is 5.56 Å². The Hall–Kier alpha value is -1.20. The summed E-state index contributed by atoms with van der Waals surface area (Å²) in [6, 6.07) is 0. The Morgan fingerprint density at radius 1 is 1.53 bits per heavy atom. The minimum atomic E-state index is -0.568. The minimum Gasteiger partial charge on any atom is -0.376 e. The molecule has 17 heavy (non-hydrogen) atoms. The molecule has 5 nitrogen and oxygen atoms in total. The van der Waals surface area contributed by atoms with Crippen molar-refractivity contribution in [2.24, 2.45) is 0 Å². The third-order valence-electron chi connectivity index (χ3n) is 2.91. The molecule has 0 saturated heterocycles. The molecule has 5 heteroatoms. The van der Waals surface area contributed by atoms with Gasteiger partial charge in [0.15, 0.2) is 0 Å². The second kappa shape index (κ2) is 4.58. The van der Waals surface area contributed by atoms with Gasteiger partial charge in [-0.05, 0) is 20.8 Å². The van der Waals surface area contributed by atoms with Gasteiger partial charge in [-0.25, -0.2) is 4.98 Å². The molecule has 0 aromatic carbocycles. The van der Waals surface area contributed by atoms with Crippen LogP contribution in [0, 0.1) is 0 Å². The topological polar surface area (TPSA) is 64.2 Å². The lowest BCUT2D eigenvalue weighted by Gasteiger charge is -2.25. The number of H-pyrrole nitrogens is 1. The van der Waals surface area contributed by atoms with Gasteiger partial charge in [0.05, 0.1) is 24.5 Å². The fourth-order valence-electron chi connectivity index (χ4n) is 1.96. The van der Waals surface area contributed by atoms with Gasteiger partial charge >= 0.3 is 0 Å². The van der Waals surface area contributed by atoms with Crippen LogP contribution in [0.25, 0.3) is 0 Å². The normalized spacial score (nSPS) is 15.7. The van der Waals surface area contributed by atoms with E-state index in [1.54, 1.807) is 0 Å². The maximum absolute atomic E-state index is 11.9. The van der Waals surface area contributed by atoms with Crippen LogP contribution >= 0.6 is 0 Å². The third kappa shape index (κ3) is 2.40. The molecule has 0 bridgehead atoms. The number of hydrogen-bond donors (Lipinski definition) is 1. The number of aromatic amines is 1. The highest BCUT2D eigenvalue weighted by atomic mass is 16.5. The highest BCUT2D eigenvalue weighted by Gasteiger charge is 2.26. The first-order chi connectivity index (χ1) is 8.04. The highest BCUT2D eigenvalue weighted by molar-refractivity contribution is 5.20. The van der Waals surface area contributed by atoms with Gasteiger partial charge in [0, 0.05) is 13.0 Å². The predicted molar refractivity (Wildman–Crippen MR) is 62.9 cm³/mol. The smallest absolute Gasteiger partial charge is 0.256 e. The summed E-state index contributed by atoms with van der Waals surface area (Å²) < 4.78 is 10.9. The molecule has 0 amide bonds. The SMILES string of the molecule is CCOC(C)(C)c1nc2c(c(=O)[nH]1)COCC2. The van der Waals surface area contributed by atoms with Crippen LogP contribution in [0.4, 0.5) is 0 Å². The maximum atomic E-state index is 11.9. The Morgan fingerprint density at radius 2 is 2.29 bits per heavy atom. The summed E-state index contributed by atoms with van der Waals surface area (Å²) in [6.45, 7) is 7.29. The fourth-order valence-corrected chi connectivity index (χ4v) is 1.96. The second-order valence-corrected chi connectivity index (χ2v) is 4.59. The largest absolute Gasteiger partial charge is 0.376 e. The number of nitrogens with zero attached hydrogens (tertiary/aromatic N) is 1. The summed E-state index contributed by atoms with van der Waals surface area (Å²) >= 11 is 0. The Balaban J connectivity index is 2.44. The molecule has 1 aromatic heterocycles. The third-order valence-corrected chi connectivity index (χ3v) is 2.91. The van der Waals surface area contributed by atoms with Gasteiger partial charge in [-0.2, -0.15) is 0 Å². The average Bonchev–Trinajstić information content (AvgIpc) is 2.29. The predicted octanol–water partition coefficient (Wildman–Crippen LogP) is 1.11. The van der Waals surface area contributed by atoms with Crippen LogP contribution in [0.2, 0.25) is 0 Å². The molecule has 0 aliphatic carbocycles. The zero-order valence-corrected chi connectivity index (χ0v) is 10.5. The van der Waals surface area contributed by atoms with Crippen LogP contribution in [0.1, 0.15) is 37.9 Å². The number of ether oxygens (including phenoxy) is 2. The van der Waals surface area contributed by atoms with E-state index in [0.29, 0.717) is 37.6 Å². The molecule has 0 spiro atoms. The molecule has 2 heterocycles. The van der Waals surface area contributed by atoms with Crippen molar-refractivity contribution in [1.82, 2.24) is 9.97 Å². The van der Waals surface area contributed by atoms with Crippen molar-refractivity contribution in [2.45, 2.75) is 39.4 Å². The van der Waals surface area contributed by atoms with E-state index in [4.69, 9.17) is 9.47 Å². The molecule has 0 unspecified atom stereocenters. The number of hydrogen-bond acceptors (Lipinski definition) is 4. The van der Waals surface area contributed by atoms with E-state index < -0.39 is 5.60 Å². The van der Waals surface area contributed by atoms with Crippen LogP contribution in [-0.2, 0) is 28.1 Å². The summed E-state index contributed by atoms with van der Waals surface area (Å²) in [6.07, 6.45) is 0.689. The van der Waals surface area contributed by atoms with E-state index in [1.807, 2.05) is 20.8 Å². The number of rotatable bonds is 3. The van der Waals surface area contributed by atoms with Crippen molar-refractivity contribution in [2.75, 3.05) is 13.2 Å². The Labute approximate surface area is 100 Å². The van der Waals surface area contributed by atoms with Crippen molar-refractivity contribution >= 4 is 0 Å². The molecule has 94 valence electrons. The summed E-state index contributed by atoms with van der Waals surface area (Å²) in [5.74, 6) is 0.588. The van der Waals surface area contributed by atoms with Gasteiger partial charge in [-0.15, -0.1) is 0 Å². The number of fused-ring (bicyclic) bond motifs is 1. The van der Waals surface area contributed by atoms with E-state index in [-0.39, 0.29) is 5.56 Å². The number of nitrogens with one attached hydrogen (secondary N) is 1.